The molecule has 102 valence electrons. The van der Waals surface area contributed by atoms with Crippen molar-refractivity contribution in [3.8, 4) is 0 Å². The number of nitrogens with zero attached hydrogens (tertiary/aromatic N) is 1. The highest BCUT2D eigenvalue weighted by Gasteiger charge is 2.45. The summed E-state index contributed by atoms with van der Waals surface area (Å²) in [5.41, 5.74) is -0.0272. The number of morpholine rings is 1. The highest BCUT2D eigenvalue weighted by Crippen LogP contribution is 2.35. The molecule has 4 nitrogen and oxygen atoms in total. The molecule has 2 fully saturated rings. The summed E-state index contributed by atoms with van der Waals surface area (Å²) in [6.45, 7) is 2.15. The van der Waals surface area contributed by atoms with Crippen molar-refractivity contribution in [2.24, 2.45) is 0 Å². The van der Waals surface area contributed by atoms with Gasteiger partial charge in [-0.05, 0) is 38.1 Å². The zero-order valence-electron chi connectivity index (χ0n) is 10.7. The van der Waals surface area contributed by atoms with Crippen LogP contribution in [0.5, 0.6) is 0 Å². The van der Waals surface area contributed by atoms with Gasteiger partial charge in [0.2, 0.25) is 0 Å². The summed E-state index contributed by atoms with van der Waals surface area (Å²) in [4.78, 5) is 13.9. The van der Waals surface area contributed by atoms with Crippen molar-refractivity contribution >= 4 is 11.6 Å². The third kappa shape index (κ3) is 2.13. The van der Waals surface area contributed by atoms with Gasteiger partial charge in [0.05, 0.1) is 17.8 Å². The molecule has 0 saturated carbocycles. The van der Waals surface area contributed by atoms with Crippen molar-refractivity contribution in [2.45, 2.75) is 18.4 Å². The highest BCUT2D eigenvalue weighted by molar-refractivity contribution is 5.96. The first-order chi connectivity index (χ1) is 9.23. The predicted octanol–water partition coefficient (Wildman–Crippen LogP) is 1.31. The lowest BCUT2D eigenvalue weighted by molar-refractivity contribution is -0.131. The number of para-hydroxylation sites is 1. The van der Waals surface area contributed by atoms with Gasteiger partial charge in [-0.15, -0.1) is 0 Å². The first-order valence-corrected chi connectivity index (χ1v) is 6.59. The summed E-state index contributed by atoms with van der Waals surface area (Å²) in [6, 6.07) is 6.46. The Hall–Kier alpha value is -1.46. The van der Waals surface area contributed by atoms with Crippen molar-refractivity contribution in [1.29, 1.82) is 0 Å². The molecule has 0 aliphatic carbocycles. The van der Waals surface area contributed by atoms with Gasteiger partial charge in [0.1, 0.15) is 12.4 Å². The lowest BCUT2D eigenvalue weighted by Gasteiger charge is -2.48. The maximum absolute atomic E-state index is 14.0. The molecule has 2 saturated heterocycles. The standard InChI is InChI=1S/C14H17FN2O2/c15-11-3-1-2-4-12(11)17-13(18)9-19-10-14(17)5-7-16-8-6-14/h1-4,16H,5-10H2. The number of carbonyl (C=O) groups excluding carboxylic acids is 1. The zero-order valence-corrected chi connectivity index (χ0v) is 10.7. The van der Waals surface area contributed by atoms with Crippen molar-refractivity contribution < 1.29 is 13.9 Å². The van der Waals surface area contributed by atoms with E-state index in [1.807, 2.05) is 0 Å². The molecule has 2 aliphatic heterocycles. The van der Waals surface area contributed by atoms with Crippen molar-refractivity contribution in [3.05, 3.63) is 30.1 Å². The molecule has 1 spiro atoms. The highest BCUT2D eigenvalue weighted by atomic mass is 19.1. The van der Waals surface area contributed by atoms with E-state index in [4.69, 9.17) is 4.74 Å². The molecule has 0 aromatic heterocycles. The number of halogens is 1. The van der Waals surface area contributed by atoms with Crippen LogP contribution in [0.25, 0.3) is 0 Å². The molecule has 3 rings (SSSR count). The fourth-order valence-corrected chi connectivity index (χ4v) is 3.00. The van der Waals surface area contributed by atoms with E-state index in [1.165, 1.54) is 6.07 Å². The van der Waals surface area contributed by atoms with Gasteiger partial charge in [0, 0.05) is 0 Å². The molecule has 0 atom stereocenters. The molecule has 1 aromatic rings. The minimum Gasteiger partial charge on any atom is -0.369 e. The van der Waals surface area contributed by atoms with E-state index in [2.05, 4.69) is 5.32 Å². The van der Waals surface area contributed by atoms with Gasteiger partial charge in [0.15, 0.2) is 0 Å². The van der Waals surface area contributed by atoms with Crippen LogP contribution in [0.15, 0.2) is 24.3 Å². The van der Waals surface area contributed by atoms with Crippen LogP contribution in [0.1, 0.15) is 12.8 Å². The van der Waals surface area contributed by atoms with E-state index < -0.39 is 5.54 Å². The Morgan fingerprint density at radius 1 is 1.26 bits per heavy atom. The summed E-state index contributed by atoms with van der Waals surface area (Å²) >= 11 is 0. The molecular weight excluding hydrogens is 247 g/mol. The molecule has 19 heavy (non-hydrogen) atoms. The average Bonchev–Trinajstić information content (AvgIpc) is 2.42. The summed E-state index contributed by atoms with van der Waals surface area (Å²) in [5.74, 6) is -0.506. The van der Waals surface area contributed by atoms with Crippen molar-refractivity contribution in [1.82, 2.24) is 5.32 Å². The van der Waals surface area contributed by atoms with E-state index in [-0.39, 0.29) is 18.3 Å². The van der Waals surface area contributed by atoms with Crippen molar-refractivity contribution in [2.75, 3.05) is 31.2 Å². The Morgan fingerprint density at radius 2 is 2.00 bits per heavy atom. The van der Waals surface area contributed by atoms with E-state index in [0.29, 0.717) is 12.3 Å². The molecule has 1 aromatic carbocycles. The third-order valence-electron chi connectivity index (χ3n) is 3.95. The fraction of sp³-hybridized carbons (Fsp3) is 0.500. The van der Waals surface area contributed by atoms with E-state index in [9.17, 15) is 9.18 Å². The molecule has 2 aliphatic rings. The number of amides is 1. The van der Waals surface area contributed by atoms with Gasteiger partial charge >= 0.3 is 0 Å². The topological polar surface area (TPSA) is 41.6 Å². The predicted molar refractivity (Wildman–Crippen MR) is 69.5 cm³/mol. The van der Waals surface area contributed by atoms with Crippen molar-refractivity contribution in [3.63, 3.8) is 0 Å². The summed E-state index contributed by atoms with van der Waals surface area (Å²) in [5, 5.41) is 3.27. The molecular formula is C14H17FN2O2. The SMILES string of the molecule is O=C1COCC2(CCNCC2)N1c1ccccc1F. The smallest absolute Gasteiger partial charge is 0.253 e. The maximum atomic E-state index is 14.0. The minimum atomic E-state index is -0.400. The Labute approximate surface area is 111 Å². The van der Waals surface area contributed by atoms with Crippen LogP contribution in [0.3, 0.4) is 0 Å². The van der Waals surface area contributed by atoms with Gasteiger partial charge in [-0.25, -0.2) is 4.39 Å². The Morgan fingerprint density at radius 3 is 2.74 bits per heavy atom. The molecule has 5 heteroatoms. The van der Waals surface area contributed by atoms with Crippen LogP contribution in [0.4, 0.5) is 10.1 Å². The molecule has 0 radical (unpaired) electrons. The first kappa shape index (κ1) is 12.6. The van der Waals surface area contributed by atoms with Crippen LogP contribution in [0, 0.1) is 5.82 Å². The van der Waals surface area contributed by atoms with Gasteiger partial charge in [-0.2, -0.15) is 0 Å². The van der Waals surface area contributed by atoms with Crippen LogP contribution in [-0.4, -0.2) is 37.7 Å². The molecule has 1 N–H and O–H groups in total. The number of rotatable bonds is 1. The second-order valence-electron chi connectivity index (χ2n) is 5.15. The maximum Gasteiger partial charge on any atom is 0.253 e. The Bertz CT molecular complexity index is 481. The summed E-state index contributed by atoms with van der Waals surface area (Å²) in [6.07, 6.45) is 1.57. The monoisotopic (exact) mass is 264 g/mol. The largest absolute Gasteiger partial charge is 0.369 e. The van der Waals surface area contributed by atoms with Crippen LogP contribution in [-0.2, 0) is 9.53 Å². The number of hydrogen-bond donors (Lipinski definition) is 1. The van der Waals surface area contributed by atoms with E-state index in [0.717, 1.165) is 25.9 Å². The second-order valence-corrected chi connectivity index (χ2v) is 5.15. The van der Waals surface area contributed by atoms with Gasteiger partial charge in [0.25, 0.3) is 5.91 Å². The molecule has 2 heterocycles. The normalized spacial score (nSPS) is 22.8. The number of hydrogen-bond acceptors (Lipinski definition) is 3. The quantitative estimate of drug-likeness (QED) is 0.831. The molecule has 0 bridgehead atoms. The Kier molecular flexibility index (Phi) is 3.24. The number of ether oxygens (including phenoxy) is 1. The van der Waals surface area contributed by atoms with Gasteiger partial charge < -0.3 is 10.1 Å². The molecule has 1 amide bonds. The van der Waals surface area contributed by atoms with Gasteiger partial charge in [-0.1, -0.05) is 12.1 Å². The minimum absolute atomic E-state index is 0.0313. The zero-order chi connectivity index (χ0) is 13.3. The van der Waals surface area contributed by atoms with E-state index >= 15 is 0 Å². The van der Waals surface area contributed by atoms with Crippen LogP contribution < -0.4 is 10.2 Å². The molecule has 0 unspecified atom stereocenters. The number of carbonyl (C=O) groups is 1. The van der Waals surface area contributed by atoms with Crippen LogP contribution >= 0.6 is 0 Å². The number of anilines is 1. The summed E-state index contributed by atoms with van der Waals surface area (Å²) in [7, 11) is 0. The lowest BCUT2D eigenvalue weighted by atomic mass is 9.85. The first-order valence-electron chi connectivity index (χ1n) is 6.59. The number of nitrogens with one attached hydrogen (secondary N) is 1. The fourth-order valence-electron chi connectivity index (χ4n) is 3.00. The summed E-state index contributed by atoms with van der Waals surface area (Å²) < 4.78 is 19.5. The third-order valence-corrected chi connectivity index (χ3v) is 3.95. The average molecular weight is 264 g/mol. The second kappa shape index (κ2) is 4.90. The number of benzene rings is 1. The van der Waals surface area contributed by atoms with Gasteiger partial charge in [-0.3, -0.25) is 9.69 Å². The lowest BCUT2D eigenvalue weighted by Crippen LogP contribution is -2.63. The van der Waals surface area contributed by atoms with E-state index in [1.54, 1.807) is 23.1 Å². The van der Waals surface area contributed by atoms with Crippen LogP contribution in [0.2, 0.25) is 0 Å². The number of piperidine rings is 1. The Balaban J connectivity index is 2.03.